The number of hydrogen-bond donors (Lipinski definition) is 0. The van der Waals surface area contributed by atoms with E-state index in [1.54, 1.807) is 12.1 Å². The van der Waals surface area contributed by atoms with Crippen LogP contribution in [0.2, 0.25) is 10.0 Å². The van der Waals surface area contributed by atoms with Gasteiger partial charge in [0, 0.05) is 10.6 Å². The minimum absolute atomic E-state index is 0.231. The van der Waals surface area contributed by atoms with Gasteiger partial charge in [-0.25, -0.2) is 0 Å². The first kappa shape index (κ1) is 25.6. The summed E-state index contributed by atoms with van der Waals surface area (Å²) >= 11 is 12.8. The molecule has 7 heteroatoms. The number of nitrogens with zero attached hydrogens (tertiary/aromatic N) is 2. The third kappa shape index (κ3) is 5.59. The van der Waals surface area contributed by atoms with Gasteiger partial charge in [0.05, 0.1) is 22.9 Å². The predicted molar refractivity (Wildman–Crippen MR) is 153 cm³/mol. The third-order valence-corrected chi connectivity index (χ3v) is 6.36. The van der Waals surface area contributed by atoms with Crippen LogP contribution in [0.25, 0.3) is 6.08 Å². The molecule has 0 bridgehead atoms. The van der Waals surface area contributed by atoms with Crippen molar-refractivity contribution < 1.29 is 14.3 Å². The van der Waals surface area contributed by atoms with E-state index in [1.165, 1.54) is 5.01 Å². The highest BCUT2D eigenvalue weighted by atomic mass is 35.5. The predicted octanol–water partition coefficient (Wildman–Crippen LogP) is 7.81. The number of hydrogen-bond acceptors (Lipinski definition) is 4. The molecule has 4 aromatic carbocycles. The van der Waals surface area contributed by atoms with Gasteiger partial charge in [0.25, 0.3) is 5.91 Å². The Bertz CT molecular complexity index is 1520. The van der Waals surface area contributed by atoms with Crippen molar-refractivity contribution in [3.8, 4) is 11.5 Å². The maximum Gasteiger partial charge on any atom is 0.281 e. The zero-order chi connectivity index (χ0) is 26.5. The van der Waals surface area contributed by atoms with Crippen LogP contribution in [-0.2, 0) is 11.4 Å². The monoisotopic (exact) mass is 542 g/mol. The van der Waals surface area contributed by atoms with E-state index in [9.17, 15) is 4.79 Å². The average Bonchev–Trinajstić information content (AvgIpc) is 3.25. The number of amides is 1. The number of carbonyl (C=O) groups excluding carboxylic acids is 1. The molecule has 0 aliphatic carbocycles. The number of carbonyl (C=O) groups is 1. The highest BCUT2D eigenvalue weighted by Crippen LogP contribution is 2.38. The van der Waals surface area contributed by atoms with E-state index in [-0.39, 0.29) is 12.5 Å². The molecule has 0 saturated heterocycles. The summed E-state index contributed by atoms with van der Waals surface area (Å²) in [4.78, 5) is 13.6. The number of para-hydroxylation sites is 1. The summed E-state index contributed by atoms with van der Waals surface area (Å²) in [5.41, 5.74) is 4.15. The first-order valence-corrected chi connectivity index (χ1v) is 12.9. The maximum atomic E-state index is 13.6. The van der Waals surface area contributed by atoms with Crippen LogP contribution < -0.4 is 14.5 Å². The van der Waals surface area contributed by atoms with Crippen LogP contribution in [0.3, 0.4) is 0 Å². The van der Waals surface area contributed by atoms with Crippen LogP contribution in [0.4, 0.5) is 5.69 Å². The number of ether oxygens (including phenoxy) is 2. The highest BCUT2D eigenvalue weighted by Gasteiger charge is 2.32. The molecule has 190 valence electrons. The highest BCUT2D eigenvalue weighted by molar-refractivity contribution is 6.37. The van der Waals surface area contributed by atoms with Crippen molar-refractivity contribution in [1.82, 2.24) is 0 Å². The van der Waals surface area contributed by atoms with Crippen LogP contribution in [0.15, 0.2) is 108 Å². The number of benzene rings is 4. The summed E-state index contributed by atoms with van der Waals surface area (Å²) < 4.78 is 11.9. The van der Waals surface area contributed by atoms with Gasteiger partial charge >= 0.3 is 0 Å². The largest absolute Gasteiger partial charge is 0.490 e. The second-order valence-corrected chi connectivity index (χ2v) is 9.35. The first-order chi connectivity index (χ1) is 18.5. The van der Waals surface area contributed by atoms with Gasteiger partial charge in [0.2, 0.25) is 0 Å². The molecular formula is C31H24Cl2N2O3. The molecule has 0 unspecified atom stereocenters. The minimum Gasteiger partial charge on any atom is -0.490 e. The van der Waals surface area contributed by atoms with E-state index in [0.29, 0.717) is 50.7 Å². The molecule has 0 saturated carbocycles. The summed E-state index contributed by atoms with van der Waals surface area (Å²) in [6, 6.07) is 30.0. The summed E-state index contributed by atoms with van der Waals surface area (Å²) in [5.74, 6) is 0.680. The molecule has 0 atom stereocenters. The van der Waals surface area contributed by atoms with Gasteiger partial charge in [-0.05, 0) is 60.5 Å². The maximum absolute atomic E-state index is 13.6. The standard InChI is InChI=1S/C31H24Cl2N2O3/c1-2-37-28-19-22(18-27(33)30(28)38-20-21-10-9-13-24(32)16-21)17-26-29(23-11-5-3-6-12-23)34-35(31(26)36)25-14-7-4-8-15-25/h3-19H,2,20H2,1H3/b26-17-. The summed E-state index contributed by atoms with van der Waals surface area (Å²) in [6.07, 6.45) is 1.78. The first-order valence-electron chi connectivity index (χ1n) is 12.1. The van der Waals surface area contributed by atoms with E-state index in [0.717, 1.165) is 11.1 Å². The molecule has 4 aromatic rings. The van der Waals surface area contributed by atoms with Crippen molar-refractivity contribution in [2.75, 3.05) is 11.6 Å². The van der Waals surface area contributed by atoms with E-state index in [2.05, 4.69) is 5.10 Å². The van der Waals surface area contributed by atoms with Crippen LogP contribution in [-0.4, -0.2) is 18.2 Å². The number of rotatable bonds is 8. The van der Waals surface area contributed by atoms with E-state index >= 15 is 0 Å². The van der Waals surface area contributed by atoms with Gasteiger partial charge < -0.3 is 9.47 Å². The average molecular weight is 543 g/mol. The molecule has 5 nitrogen and oxygen atoms in total. The van der Waals surface area contributed by atoms with Crippen molar-refractivity contribution in [1.29, 1.82) is 0 Å². The third-order valence-electron chi connectivity index (χ3n) is 5.84. The van der Waals surface area contributed by atoms with Crippen LogP contribution >= 0.6 is 23.2 Å². The van der Waals surface area contributed by atoms with Gasteiger partial charge in [-0.15, -0.1) is 0 Å². The summed E-state index contributed by atoms with van der Waals surface area (Å²) in [6.45, 7) is 2.58. The summed E-state index contributed by atoms with van der Waals surface area (Å²) in [5, 5.41) is 7.11. The lowest BCUT2D eigenvalue weighted by Gasteiger charge is -2.15. The Morgan fingerprint density at radius 2 is 1.61 bits per heavy atom. The van der Waals surface area contributed by atoms with Crippen molar-refractivity contribution in [3.05, 3.63) is 129 Å². The van der Waals surface area contributed by atoms with Crippen molar-refractivity contribution in [2.45, 2.75) is 13.5 Å². The lowest BCUT2D eigenvalue weighted by Crippen LogP contribution is -2.21. The van der Waals surface area contributed by atoms with Crippen LogP contribution in [0.1, 0.15) is 23.6 Å². The molecule has 38 heavy (non-hydrogen) atoms. The topological polar surface area (TPSA) is 51.1 Å². The fourth-order valence-corrected chi connectivity index (χ4v) is 4.61. The van der Waals surface area contributed by atoms with Gasteiger partial charge in [-0.3, -0.25) is 4.79 Å². The molecular weight excluding hydrogens is 519 g/mol. The Morgan fingerprint density at radius 1 is 0.868 bits per heavy atom. The molecule has 0 radical (unpaired) electrons. The molecule has 0 fully saturated rings. The molecule has 5 rings (SSSR count). The van der Waals surface area contributed by atoms with Crippen molar-refractivity contribution >= 4 is 46.6 Å². The van der Waals surface area contributed by atoms with Gasteiger partial charge in [0.15, 0.2) is 11.5 Å². The molecule has 1 heterocycles. The van der Waals surface area contributed by atoms with Crippen LogP contribution in [0.5, 0.6) is 11.5 Å². The van der Waals surface area contributed by atoms with E-state index < -0.39 is 0 Å². The zero-order valence-electron chi connectivity index (χ0n) is 20.6. The van der Waals surface area contributed by atoms with Gasteiger partial charge in [-0.1, -0.05) is 83.9 Å². The second kappa shape index (κ2) is 11.5. The van der Waals surface area contributed by atoms with E-state index in [4.69, 9.17) is 32.7 Å². The Balaban J connectivity index is 1.52. The SMILES string of the molecule is CCOc1cc(/C=C2\C(=O)N(c3ccccc3)N=C2c2ccccc2)cc(Cl)c1OCc1cccc(Cl)c1. The van der Waals surface area contributed by atoms with Crippen molar-refractivity contribution in [2.24, 2.45) is 5.10 Å². The van der Waals surface area contributed by atoms with Gasteiger partial charge in [0.1, 0.15) is 12.3 Å². The quantitative estimate of drug-likeness (QED) is 0.213. The Labute approximate surface area is 231 Å². The Morgan fingerprint density at radius 3 is 2.32 bits per heavy atom. The zero-order valence-corrected chi connectivity index (χ0v) is 22.1. The molecule has 0 N–H and O–H groups in total. The number of halogens is 2. The molecule has 1 aliphatic rings. The normalized spacial score (nSPS) is 14.1. The van der Waals surface area contributed by atoms with E-state index in [1.807, 2.05) is 97.9 Å². The lowest BCUT2D eigenvalue weighted by molar-refractivity contribution is -0.114. The second-order valence-electron chi connectivity index (χ2n) is 8.51. The molecule has 1 aliphatic heterocycles. The van der Waals surface area contributed by atoms with Crippen molar-refractivity contribution in [3.63, 3.8) is 0 Å². The fourth-order valence-electron chi connectivity index (χ4n) is 4.12. The number of hydrazone groups is 1. The van der Waals surface area contributed by atoms with Crippen LogP contribution in [0, 0.1) is 0 Å². The smallest absolute Gasteiger partial charge is 0.281 e. The minimum atomic E-state index is -0.231. The van der Waals surface area contributed by atoms with Gasteiger partial charge in [-0.2, -0.15) is 10.1 Å². The molecule has 0 spiro atoms. The lowest BCUT2D eigenvalue weighted by atomic mass is 10.00. The molecule has 1 amide bonds. The Kier molecular flexibility index (Phi) is 7.78. The fraction of sp³-hybridized carbons (Fsp3) is 0.0968. The number of anilines is 1. The Hall–Kier alpha value is -4.06. The summed E-state index contributed by atoms with van der Waals surface area (Å²) in [7, 11) is 0. The molecule has 0 aromatic heterocycles.